The van der Waals surface area contributed by atoms with Crippen molar-refractivity contribution in [3.8, 4) is 16.9 Å². The minimum absolute atomic E-state index is 0.0439. The molecule has 2 rings (SSSR count). The van der Waals surface area contributed by atoms with Gasteiger partial charge in [0, 0.05) is 17.7 Å². The van der Waals surface area contributed by atoms with Gasteiger partial charge in [-0.15, -0.1) is 0 Å². The highest BCUT2D eigenvalue weighted by Gasteiger charge is 2.13. The van der Waals surface area contributed by atoms with Gasteiger partial charge in [0.2, 0.25) is 0 Å². The summed E-state index contributed by atoms with van der Waals surface area (Å²) in [5, 5.41) is 9.01. The lowest BCUT2D eigenvalue weighted by molar-refractivity contribution is -0.130. The molecule has 24 heavy (non-hydrogen) atoms. The summed E-state index contributed by atoms with van der Waals surface area (Å²) < 4.78 is 19.6. The molecule has 0 spiro atoms. The molecule has 0 heterocycles. The van der Waals surface area contributed by atoms with E-state index in [1.807, 2.05) is 13.0 Å². The van der Waals surface area contributed by atoms with Gasteiger partial charge in [-0.3, -0.25) is 0 Å². The van der Waals surface area contributed by atoms with Crippen LogP contribution in [-0.4, -0.2) is 17.7 Å². The maximum Gasteiger partial charge on any atom is 0.338 e. The molecular weight excluding hydrogens is 307 g/mol. The third kappa shape index (κ3) is 4.30. The largest absolute Gasteiger partial charge is 0.423 e. The number of carbonyl (C=O) groups excluding carboxylic acids is 1. The number of rotatable bonds is 6. The first kappa shape index (κ1) is 17.9. The van der Waals surface area contributed by atoms with Crippen LogP contribution in [0.1, 0.15) is 24.5 Å². The second kappa shape index (κ2) is 7.88. The topological polar surface area (TPSA) is 46.5 Å². The monoisotopic (exact) mass is 328 g/mol. The number of hydrogen-bond acceptors (Lipinski definition) is 3. The molecule has 126 valence electrons. The summed E-state index contributed by atoms with van der Waals surface area (Å²) in [5.74, 6) is -0.481. The molecule has 0 aliphatic heterocycles. The molecule has 0 bridgehead atoms. The highest BCUT2D eigenvalue weighted by Crippen LogP contribution is 2.30. The average molecular weight is 328 g/mol. The molecule has 0 aromatic heterocycles. The van der Waals surface area contributed by atoms with E-state index in [1.54, 1.807) is 31.2 Å². The van der Waals surface area contributed by atoms with Crippen LogP contribution in [-0.2, 0) is 11.2 Å². The molecule has 1 N–H and O–H groups in total. The zero-order chi connectivity index (χ0) is 17.7. The number of benzene rings is 2. The number of halogens is 1. The van der Waals surface area contributed by atoms with Crippen LogP contribution < -0.4 is 4.74 Å². The Hall–Kier alpha value is -2.46. The third-order valence-electron chi connectivity index (χ3n) is 3.66. The Kier molecular flexibility index (Phi) is 5.88. The van der Waals surface area contributed by atoms with Crippen LogP contribution in [0.5, 0.6) is 5.75 Å². The van der Waals surface area contributed by atoms with E-state index in [9.17, 15) is 9.18 Å². The van der Waals surface area contributed by atoms with Crippen molar-refractivity contribution in [2.75, 3.05) is 6.61 Å². The predicted molar refractivity (Wildman–Crippen MR) is 92.4 cm³/mol. The fourth-order valence-corrected chi connectivity index (χ4v) is 2.33. The number of aliphatic hydroxyl groups is 1. The summed E-state index contributed by atoms with van der Waals surface area (Å²) in [5.41, 5.74) is 2.99. The number of aryl methyl sites for hydroxylation is 2. The number of ether oxygens (including phenoxy) is 1. The quantitative estimate of drug-likeness (QED) is 0.491. The van der Waals surface area contributed by atoms with E-state index in [4.69, 9.17) is 9.84 Å². The van der Waals surface area contributed by atoms with Crippen molar-refractivity contribution in [1.82, 2.24) is 0 Å². The second-order valence-electron chi connectivity index (χ2n) is 5.80. The van der Waals surface area contributed by atoms with Crippen molar-refractivity contribution in [3.05, 3.63) is 65.5 Å². The molecule has 0 saturated heterocycles. The van der Waals surface area contributed by atoms with Crippen LogP contribution in [0.4, 0.5) is 4.39 Å². The molecule has 2 aromatic rings. The van der Waals surface area contributed by atoms with Crippen molar-refractivity contribution >= 4 is 5.97 Å². The second-order valence-corrected chi connectivity index (χ2v) is 5.80. The fourth-order valence-electron chi connectivity index (χ4n) is 2.33. The summed E-state index contributed by atoms with van der Waals surface area (Å²) in [6.07, 6.45) is 1.11. The first-order valence-corrected chi connectivity index (χ1v) is 7.80. The van der Waals surface area contributed by atoms with Crippen molar-refractivity contribution in [1.29, 1.82) is 0 Å². The molecular formula is C20H21FO3. The smallest absolute Gasteiger partial charge is 0.338 e. The van der Waals surface area contributed by atoms with Crippen LogP contribution in [0.2, 0.25) is 0 Å². The summed E-state index contributed by atoms with van der Waals surface area (Å²) in [6, 6.07) is 10.2. The van der Waals surface area contributed by atoms with Gasteiger partial charge in [-0.05, 0) is 55.5 Å². The van der Waals surface area contributed by atoms with Crippen LogP contribution >= 0.6 is 0 Å². The van der Waals surface area contributed by atoms with E-state index in [0.29, 0.717) is 29.7 Å². The number of carbonyl (C=O) groups is 1. The third-order valence-corrected chi connectivity index (χ3v) is 3.66. The Morgan fingerprint density at radius 2 is 2.00 bits per heavy atom. The van der Waals surface area contributed by atoms with E-state index in [-0.39, 0.29) is 18.0 Å². The highest BCUT2D eigenvalue weighted by molar-refractivity contribution is 5.89. The van der Waals surface area contributed by atoms with E-state index >= 15 is 0 Å². The minimum Gasteiger partial charge on any atom is -0.423 e. The molecule has 3 nitrogen and oxygen atoms in total. The lowest BCUT2D eigenvalue weighted by atomic mass is 9.99. The summed E-state index contributed by atoms with van der Waals surface area (Å²) in [4.78, 5) is 11.9. The predicted octanol–water partition coefficient (Wildman–Crippen LogP) is 4.21. The van der Waals surface area contributed by atoms with Gasteiger partial charge in [-0.25, -0.2) is 9.18 Å². The minimum atomic E-state index is -0.526. The number of hydrogen-bond donors (Lipinski definition) is 1. The molecule has 0 saturated carbocycles. The first-order valence-electron chi connectivity index (χ1n) is 7.80. The van der Waals surface area contributed by atoms with Crippen molar-refractivity contribution in [2.45, 2.75) is 26.7 Å². The van der Waals surface area contributed by atoms with E-state index in [1.165, 1.54) is 6.07 Å². The number of esters is 1. The molecule has 0 unspecified atom stereocenters. The molecule has 0 atom stereocenters. The van der Waals surface area contributed by atoms with Crippen LogP contribution in [0.25, 0.3) is 11.1 Å². The van der Waals surface area contributed by atoms with Gasteiger partial charge < -0.3 is 9.84 Å². The zero-order valence-corrected chi connectivity index (χ0v) is 13.9. The molecule has 0 amide bonds. The first-order chi connectivity index (χ1) is 11.4. The van der Waals surface area contributed by atoms with E-state index < -0.39 is 5.97 Å². The van der Waals surface area contributed by atoms with Gasteiger partial charge in [-0.2, -0.15) is 0 Å². The maximum atomic E-state index is 14.2. The molecule has 0 radical (unpaired) electrons. The molecule has 2 aromatic carbocycles. The van der Waals surface area contributed by atoms with Crippen molar-refractivity contribution in [2.24, 2.45) is 0 Å². The van der Waals surface area contributed by atoms with Gasteiger partial charge in [0.15, 0.2) is 0 Å². The molecule has 0 aliphatic carbocycles. The van der Waals surface area contributed by atoms with Gasteiger partial charge in [0.25, 0.3) is 0 Å². The fraction of sp³-hybridized carbons (Fsp3) is 0.250. The van der Waals surface area contributed by atoms with Crippen molar-refractivity contribution in [3.63, 3.8) is 0 Å². The lowest BCUT2D eigenvalue weighted by Gasteiger charge is -2.13. The Morgan fingerprint density at radius 1 is 1.25 bits per heavy atom. The average Bonchev–Trinajstić information content (AvgIpc) is 2.53. The SMILES string of the molecule is C=C(C)C(=O)Oc1cc(-c2ccc(C)cc2F)ccc1CCCO. The van der Waals surface area contributed by atoms with E-state index in [2.05, 4.69) is 6.58 Å². The van der Waals surface area contributed by atoms with Gasteiger partial charge in [-0.1, -0.05) is 30.8 Å². The Morgan fingerprint density at radius 3 is 2.62 bits per heavy atom. The standard InChI is InChI=1S/C20H21FO3/c1-13(2)20(23)24-19-12-16(8-7-15(19)5-4-10-22)17-9-6-14(3)11-18(17)21/h6-9,11-12,22H,1,4-5,10H2,2-3H3. The molecule has 0 aliphatic rings. The lowest BCUT2D eigenvalue weighted by Crippen LogP contribution is -2.10. The van der Waals surface area contributed by atoms with Crippen molar-refractivity contribution < 1.29 is 19.0 Å². The Labute approximate surface area is 141 Å². The van der Waals surface area contributed by atoms with Gasteiger partial charge in [0.05, 0.1) is 0 Å². The van der Waals surface area contributed by atoms with Crippen LogP contribution in [0.3, 0.4) is 0 Å². The van der Waals surface area contributed by atoms with Gasteiger partial charge in [0.1, 0.15) is 11.6 Å². The summed E-state index contributed by atoms with van der Waals surface area (Å²) in [7, 11) is 0. The molecule has 4 heteroatoms. The van der Waals surface area contributed by atoms with Crippen LogP contribution in [0.15, 0.2) is 48.6 Å². The summed E-state index contributed by atoms with van der Waals surface area (Å²) >= 11 is 0. The maximum absolute atomic E-state index is 14.2. The zero-order valence-electron chi connectivity index (χ0n) is 13.9. The summed E-state index contributed by atoms with van der Waals surface area (Å²) in [6.45, 7) is 7.01. The number of aliphatic hydroxyl groups excluding tert-OH is 1. The van der Waals surface area contributed by atoms with Gasteiger partial charge >= 0.3 is 5.97 Å². The highest BCUT2D eigenvalue weighted by atomic mass is 19.1. The van der Waals surface area contributed by atoms with E-state index in [0.717, 1.165) is 11.1 Å². The van der Waals surface area contributed by atoms with Crippen LogP contribution in [0, 0.1) is 12.7 Å². The normalized spacial score (nSPS) is 10.5. The molecule has 0 fully saturated rings. The Balaban J connectivity index is 2.43. The Bertz CT molecular complexity index is 765.